The molecule has 3 heteroatoms. The Morgan fingerprint density at radius 3 is 1.68 bits per heavy atom. The van der Waals surface area contributed by atoms with Gasteiger partial charge in [-0.1, -0.05) is 6.07 Å². The summed E-state index contributed by atoms with van der Waals surface area (Å²) in [6.07, 6.45) is 14.6. The highest BCUT2D eigenvalue weighted by Gasteiger charge is 2.14. The Hall–Kier alpha value is -0.930. The fourth-order valence-electron chi connectivity index (χ4n) is 3.90. The molecule has 0 aromatic carbocycles. The minimum absolute atomic E-state index is 0.916. The second-order valence-electron chi connectivity index (χ2n) is 7.17. The molecule has 0 amide bonds. The Morgan fingerprint density at radius 2 is 1.23 bits per heavy atom. The van der Waals surface area contributed by atoms with Crippen molar-refractivity contribution in [3.8, 4) is 0 Å². The number of nitrogens with one attached hydrogen (secondary N) is 2. The standard InChI is InChI=1S/C19H31N3/c1(16-5-9-20-10-6-16)3-18-13-19(15-22-14-18)4-2-17-7-11-21-12-8-17/h13-17,20-21H,1-12H2. The molecule has 122 valence electrons. The predicted octanol–water partition coefficient (Wildman–Crippen LogP) is 2.95. The molecule has 0 radical (unpaired) electrons. The molecule has 0 unspecified atom stereocenters. The van der Waals surface area contributed by atoms with Crippen molar-refractivity contribution in [3.05, 3.63) is 29.6 Å². The lowest BCUT2D eigenvalue weighted by Crippen LogP contribution is -2.28. The topological polar surface area (TPSA) is 37.0 Å². The summed E-state index contributed by atoms with van der Waals surface area (Å²) < 4.78 is 0. The second kappa shape index (κ2) is 8.64. The number of pyridine rings is 1. The molecule has 1 aromatic rings. The van der Waals surface area contributed by atoms with E-state index in [1.54, 1.807) is 0 Å². The number of nitrogens with zero attached hydrogens (tertiary/aromatic N) is 1. The van der Waals surface area contributed by atoms with Gasteiger partial charge in [0.25, 0.3) is 0 Å². The van der Waals surface area contributed by atoms with E-state index in [-0.39, 0.29) is 0 Å². The SMILES string of the molecule is c1ncc(CCC2CCNCC2)cc1CCC1CCNCC1. The molecule has 0 saturated carbocycles. The van der Waals surface area contributed by atoms with E-state index in [1.165, 1.54) is 88.7 Å². The molecule has 1 aromatic heterocycles. The van der Waals surface area contributed by atoms with E-state index in [9.17, 15) is 0 Å². The minimum Gasteiger partial charge on any atom is -0.317 e. The average molecular weight is 301 g/mol. The van der Waals surface area contributed by atoms with Crippen LogP contribution in [-0.2, 0) is 12.8 Å². The van der Waals surface area contributed by atoms with E-state index in [0.29, 0.717) is 0 Å². The largest absolute Gasteiger partial charge is 0.317 e. The van der Waals surface area contributed by atoms with Crippen LogP contribution in [0.5, 0.6) is 0 Å². The van der Waals surface area contributed by atoms with Gasteiger partial charge in [-0.25, -0.2) is 0 Å². The van der Waals surface area contributed by atoms with E-state index in [0.717, 1.165) is 11.8 Å². The molecular formula is C19H31N3. The molecule has 2 saturated heterocycles. The fraction of sp³-hybridized carbons (Fsp3) is 0.737. The number of aryl methyl sites for hydroxylation is 2. The normalized spacial score (nSPS) is 21.1. The predicted molar refractivity (Wildman–Crippen MR) is 92.1 cm³/mol. The van der Waals surface area contributed by atoms with Gasteiger partial charge in [0.05, 0.1) is 0 Å². The van der Waals surface area contributed by atoms with Crippen LogP contribution < -0.4 is 10.6 Å². The van der Waals surface area contributed by atoms with Crippen LogP contribution in [0.15, 0.2) is 18.5 Å². The van der Waals surface area contributed by atoms with Crippen molar-refractivity contribution < 1.29 is 0 Å². The highest BCUT2D eigenvalue weighted by atomic mass is 14.9. The van der Waals surface area contributed by atoms with Gasteiger partial charge < -0.3 is 10.6 Å². The number of rotatable bonds is 6. The molecular weight excluding hydrogens is 270 g/mol. The average Bonchev–Trinajstić information content (AvgIpc) is 2.60. The van der Waals surface area contributed by atoms with Gasteiger partial charge in [0, 0.05) is 12.4 Å². The zero-order valence-corrected chi connectivity index (χ0v) is 13.8. The third kappa shape index (κ3) is 5.06. The first-order valence-corrected chi connectivity index (χ1v) is 9.24. The Bertz CT molecular complexity index is 397. The van der Waals surface area contributed by atoms with Crippen LogP contribution in [0, 0.1) is 11.8 Å². The third-order valence-electron chi connectivity index (χ3n) is 5.45. The molecule has 3 nitrogen and oxygen atoms in total. The van der Waals surface area contributed by atoms with E-state index in [1.807, 2.05) is 0 Å². The van der Waals surface area contributed by atoms with Crippen LogP contribution in [0.25, 0.3) is 0 Å². The molecule has 0 bridgehead atoms. The summed E-state index contributed by atoms with van der Waals surface area (Å²) >= 11 is 0. The first-order valence-electron chi connectivity index (χ1n) is 9.24. The number of aromatic nitrogens is 1. The van der Waals surface area contributed by atoms with E-state index in [2.05, 4.69) is 34.1 Å². The van der Waals surface area contributed by atoms with Gasteiger partial charge in [0.1, 0.15) is 0 Å². The smallest absolute Gasteiger partial charge is 0.0300 e. The Morgan fingerprint density at radius 1 is 0.773 bits per heavy atom. The van der Waals surface area contributed by atoms with E-state index < -0.39 is 0 Å². The summed E-state index contributed by atoms with van der Waals surface area (Å²) in [5.74, 6) is 1.83. The first kappa shape index (κ1) is 15.9. The van der Waals surface area contributed by atoms with Gasteiger partial charge in [0.2, 0.25) is 0 Å². The fourth-order valence-corrected chi connectivity index (χ4v) is 3.90. The van der Waals surface area contributed by atoms with Crippen molar-refractivity contribution >= 4 is 0 Å². The Kier molecular flexibility index (Phi) is 6.26. The lowest BCUT2D eigenvalue weighted by atomic mass is 9.90. The molecule has 3 rings (SSSR count). The summed E-state index contributed by atoms with van der Waals surface area (Å²) in [7, 11) is 0. The number of piperidine rings is 2. The van der Waals surface area contributed by atoms with Crippen molar-refractivity contribution in [2.24, 2.45) is 11.8 Å². The highest BCUT2D eigenvalue weighted by Crippen LogP contribution is 2.21. The molecule has 22 heavy (non-hydrogen) atoms. The van der Waals surface area contributed by atoms with E-state index >= 15 is 0 Å². The molecule has 2 fully saturated rings. The van der Waals surface area contributed by atoms with Crippen LogP contribution in [0.1, 0.15) is 49.7 Å². The summed E-state index contributed by atoms with van der Waals surface area (Å²) in [5.41, 5.74) is 2.89. The van der Waals surface area contributed by atoms with Crippen molar-refractivity contribution in [2.75, 3.05) is 26.2 Å². The van der Waals surface area contributed by atoms with Crippen molar-refractivity contribution in [1.82, 2.24) is 15.6 Å². The monoisotopic (exact) mass is 301 g/mol. The van der Waals surface area contributed by atoms with Crippen molar-refractivity contribution in [2.45, 2.75) is 51.4 Å². The van der Waals surface area contributed by atoms with Gasteiger partial charge in [-0.15, -0.1) is 0 Å². The quantitative estimate of drug-likeness (QED) is 0.848. The molecule has 0 spiro atoms. The van der Waals surface area contributed by atoms with E-state index in [4.69, 9.17) is 0 Å². The molecule has 2 N–H and O–H groups in total. The Labute approximate surface area is 135 Å². The molecule has 2 aliphatic rings. The Balaban J connectivity index is 1.44. The maximum atomic E-state index is 4.49. The van der Waals surface area contributed by atoms with Crippen molar-refractivity contribution in [3.63, 3.8) is 0 Å². The molecule has 3 heterocycles. The first-order chi connectivity index (χ1) is 10.9. The lowest BCUT2D eigenvalue weighted by Gasteiger charge is -2.23. The number of hydrogen-bond donors (Lipinski definition) is 2. The van der Waals surface area contributed by atoms with Gasteiger partial charge in [-0.05, 0) is 101 Å². The molecule has 0 atom stereocenters. The summed E-state index contributed by atoms with van der Waals surface area (Å²) in [5, 5.41) is 6.91. The van der Waals surface area contributed by atoms with Crippen LogP contribution in [0.2, 0.25) is 0 Å². The number of hydrogen-bond acceptors (Lipinski definition) is 3. The van der Waals surface area contributed by atoms with Crippen LogP contribution in [0.4, 0.5) is 0 Å². The zero-order valence-electron chi connectivity index (χ0n) is 13.8. The third-order valence-corrected chi connectivity index (χ3v) is 5.45. The highest BCUT2D eigenvalue weighted by molar-refractivity contribution is 5.18. The molecule has 2 aliphatic heterocycles. The maximum absolute atomic E-state index is 4.49. The minimum atomic E-state index is 0.916. The van der Waals surface area contributed by atoms with Gasteiger partial charge >= 0.3 is 0 Å². The van der Waals surface area contributed by atoms with Crippen LogP contribution in [-0.4, -0.2) is 31.2 Å². The summed E-state index contributed by atoms with van der Waals surface area (Å²) in [6.45, 7) is 4.83. The zero-order chi connectivity index (χ0) is 15.0. The van der Waals surface area contributed by atoms with Gasteiger partial charge in [0.15, 0.2) is 0 Å². The van der Waals surface area contributed by atoms with Gasteiger partial charge in [-0.2, -0.15) is 0 Å². The van der Waals surface area contributed by atoms with Crippen LogP contribution >= 0.6 is 0 Å². The van der Waals surface area contributed by atoms with Crippen molar-refractivity contribution in [1.29, 1.82) is 0 Å². The second-order valence-corrected chi connectivity index (χ2v) is 7.17. The summed E-state index contributed by atoms with van der Waals surface area (Å²) in [6, 6.07) is 2.41. The van der Waals surface area contributed by atoms with Crippen LogP contribution in [0.3, 0.4) is 0 Å². The maximum Gasteiger partial charge on any atom is 0.0300 e. The lowest BCUT2D eigenvalue weighted by molar-refractivity contribution is 0.353. The summed E-state index contributed by atoms with van der Waals surface area (Å²) in [4.78, 5) is 4.49. The molecule has 0 aliphatic carbocycles. The van der Waals surface area contributed by atoms with Gasteiger partial charge in [-0.3, -0.25) is 4.98 Å².